The number of carbonyl (C=O) groups excluding carboxylic acids is 1. The Bertz CT molecular complexity index is 885. The number of hydrogen-bond donors (Lipinski definition) is 1. The maximum Gasteiger partial charge on any atom is 0.409 e. The van der Waals surface area contributed by atoms with Gasteiger partial charge in [-0.1, -0.05) is 11.6 Å². The average molecular weight is 393 g/mol. The monoisotopic (exact) mass is 392 g/mol. The summed E-state index contributed by atoms with van der Waals surface area (Å²) in [5.74, 6) is 0. The second kappa shape index (κ2) is 7.56. The number of benzene rings is 1. The summed E-state index contributed by atoms with van der Waals surface area (Å²) in [6.45, 7) is 5.59. The van der Waals surface area contributed by atoms with Crippen LogP contribution in [0.15, 0.2) is 23.0 Å². The Hall–Kier alpha value is -1.99. The normalized spacial score (nSPS) is 21.9. The molecule has 2 aliphatic rings. The summed E-state index contributed by atoms with van der Waals surface area (Å²) in [6, 6.07) is 6.11. The van der Waals surface area contributed by atoms with Crippen molar-refractivity contribution in [3.05, 3.63) is 33.7 Å². The van der Waals surface area contributed by atoms with Gasteiger partial charge in [0.2, 0.25) is 0 Å². The minimum atomic E-state index is -0.209. The van der Waals surface area contributed by atoms with E-state index in [-0.39, 0.29) is 17.8 Å². The summed E-state index contributed by atoms with van der Waals surface area (Å²) < 4.78 is 6.99. The summed E-state index contributed by atoms with van der Waals surface area (Å²) >= 11 is 6.04. The predicted molar refractivity (Wildman–Crippen MR) is 104 cm³/mol. The molecule has 0 saturated carbocycles. The van der Waals surface area contributed by atoms with Crippen LogP contribution in [0.5, 0.6) is 0 Å². The van der Waals surface area contributed by atoms with Gasteiger partial charge in [0.1, 0.15) is 0 Å². The number of ether oxygens (including phenoxy) is 1. The van der Waals surface area contributed by atoms with E-state index in [1.807, 2.05) is 23.6 Å². The van der Waals surface area contributed by atoms with Crippen LogP contribution >= 0.6 is 11.6 Å². The van der Waals surface area contributed by atoms with Gasteiger partial charge in [0.25, 0.3) is 0 Å². The van der Waals surface area contributed by atoms with Gasteiger partial charge >= 0.3 is 11.8 Å². The number of imidazole rings is 1. The molecule has 0 spiro atoms. The average Bonchev–Trinajstić information content (AvgIpc) is 3.26. The van der Waals surface area contributed by atoms with Gasteiger partial charge in [0.05, 0.1) is 17.6 Å². The van der Waals surface area contributed by atoms with Crippen molar-refractivity contribution >= 4 is 28.7 Å². The standard InChI is InChI=1S/C19H25ClN4O3/c1-2-27-19(26)23-10-7-15(12-23)22-8-5-14(6-9-22)24-17-4-3-13(20)11-16(17)21-18(24)25/h3-4,11,14-15H,2,5-10,12H2,1H3,(H,21,25). The van der Waals surface area contributed by atoms with E-state index in [2.05, 4.69) is 9.88 Å². The first-order valence-corrected chi connectivity index (χ1v) is 10.00. The van der Waals surface area contributed by atoms with Crippen molar-refractivity contribution in [2.75, 3.05) is 32.8 Å². The first-order chi connectivity index (χ1) is 13.1. The van der Waals surface area contributed by atoms with Crippen LogP contribution in [0.3, 0.4) is 0 Å². The van der Waals surface area contributed by atoms with Crippen molar-refractivity contribution in [2.24, 2.45) is 0 Å². The summed E-state index contributed by atoms with van der Waals surface area (Å²) in [7, 11) is 0. The lowest BCUT2D eigenvalue weighted by molar-refractivity contribution is 0.105. The topological polar surface area (TPSA) is 70.6 Å². The summed E-state index contributed by atoms with van der Waals surface area (Å²) in [4.78, 5) is 31.5. The number of fused-ring (bicyclic) bond motifs is 1. The molecule has 4 rings (SSSR count). The molecule has 2 aromatic rings. The first-order valence-electron chi connectivity index (χ1n) is 9.62. The molecule has 1 atom stereocenters. The third-order valence-electron chi connectivity index (χ3n) is 5.75. The minimum absolute atomic E-state index is 0.0694. The number of aromatic amines is 1. The molecule has 0 bridgehead atoms. The number of aromatic nitrogens is 2. The zero-order chi connectivity index (χ0) is 19.0. The van der Waals surface area contributed by atoms with E-state index in [4.69, 9.17) is 16.3 Å². The van der Waals surface area contributed by atoms with Gasteiger partial charge in [-0.05, 0) is 44.4 Å². The zero-order valence-electron chi connectivity index (χ0n) is 15.5. The van der Waals surface area contributed by atoms with Crippen LogP contribution in [0, 0.1) is 0 Å². The Morgan fingerprint density at radius 2 is 1.96 bits per heavy atom. The highest BCUT2D eigenvalue weighted by molar-refractivity contribution is 6.31. The fourth-order valence-corrected chi connectivity index (χ4v) is 4.57. The highest BCUT2D eigenvalue weighted by atomic mass is 35.5. The number of carbonyl (C=O) groups is 1. The lowest BCUT2D eigenvalue weighted by Crippen LogP contribution is -2.44. The second-order valence-electron chi connectivity index (χ2n) is 7.32. The molecular weight excluding hydrogens is 368 g/mol. The molecule has 8 heteroatoms. The van der Waals surface area contributed by atoms with Gasteiger partial charge in [0.15, 0.2) is 0 Å². The van der Waals surface area contributed by atoms with Crippen LogP contribution in [-0.2, 0) is 4.74 Å². The number of rotatable bonds is 3. The van der Waals surface area contributed by atoms with Crippen molar-refractivity contribution in [1.82, 2.24) is 19.4 Å². The number of H-pyrrole nitrogens is 1. The Balaban J connectivity index is 1.41. The van der Waals surface area contributed by atoms with E-state index in [1.165, 1.54) is 0 Å². The third kappa shape index (κ3) is 3.58. The van der Waals surface area contributed by atoms with E-state index in [0.29, 0.717) is 17.7 Å². The van der Waals surface area contributed by atoms with Crippen molar-refractivity contribution in [3.8, 4) is 0 Å². The van der Waals surface area contributed by atoms with Crippen LogP contribution < -0.4 is 5.69 Å². The number of likely N-dealkylation sites (tertiary alicyclic amines) is 2. The maximum absolute atomic E-state index is 12.5. The number of piperidine rings is 1. The number of hydrogen-bond acceptors (Lipinski definition) is 4. The van der Waals surface area contributed by atoms with Crippen molar-refractivity contribution in [2.45, 2.75) is 38.3 Å². The molecule has 3 heterocycles. The van der Waals surface area contributed by atoms with E-state index in [9.17, 15) is 9.59 Å². The molecule has 7 nitrogen and oxygen atoms in total. The van der Waals surface area contributed by atoms with Gasteiger partial charge in [-0.2, -0.15) is 0 Å². The Morgan fingerprint density at radius 1 is 1.22 bits per heavy atom. The van der Waals surface area contributed by atoms with Gasteiger partial charge in [0, 0.05) is 43.3 Å². The SMILES string of the molecule is CCOC(=O)N1CCC(N2CCC(n3c(=O)[nH]c4cc(Cl)ccc43)CC2)C1. The number of amides is 1. The summed E-state index contributed by atoms with van der Waals surface area (Å²) in [5, 5.41) is 0.623. The van der Waals surface area contributed by atoms with Crippen LogP contribution in [0.1, 0.15) is 32.2 Å². The highest BCUT2D eigenvalue weighted by Crippen LogP contribution is 2.28. The van der Waals surface area contributed by atoms with E-state index >= 15 is 0 Å². The quantitative estimate of drug-likeness (QED) is 0.871. The maximum atomic E-state index is 12.5. The fourth-order valence-electron chi connectivity index (χ4n) is 4.40. The van der Waals surface area contributed by atoms with Crippen molar-refractivity contribution < 1.29 is 9.53 Å². The van der Waals surface area contributed by atoms with Gasteiger partial charge in [-0.3, -0.25) is 9.47 Å². The van der Waals surface area contributed by atoms with Crippen LogP contribution in [0.4, 0.5) is 4.79 Å². The molecule has 1 amide bonds. The number of halogens is 1. The molecule has 2 fully saturated rings. The second-order valence-corrected chi connectivity index (χ2v) is 7.75. The zero-order valence-corrected chi connectivity index (χ0v) is 16.2. The van der Waals surface area contributed by atoms with Crippen LogP contribution in [0.2, 0.25) is 5.02 Å². The Morgan fingerprint density at radius 3 is 2.70 bits per heavy atom. The summed E-state index contributed by atoms with van der Waals surface area (Å²) in [6.07, 6.45) is 2.62. The van der Waals surface area contributed by atoms with Gasteiger partial charge < -0.3 is 14.6 Å². The molecule has 1 N–H and O–H groups in total. The predicted octanol–water partition coefficient (Wildman–Crippen LogP) is 2.85. The number of nitrogens with one attached hydrogen (secondary N) is 1. The lowest BCUT2D eigenvalue weighted by atomic mass is 10.0. The van der Waals surface area contributed by atoms with E-state index < -0.39 is 0 Å². The van der Waals surface area contributed by atoms with Crippen LogP contribution in [-0.4, -0.2) is 64.3 Å². The molecule has 2 saturated heterocycles. The van der Waals surface area contributed by atoms with Gasteiger partial charge in [-0.15, -0.1) is 0 Å². The molecule has 0 aliphatic carbocycles. The molecular formula is C19H25ClN4O3. The molecule has 1 unspecified atom stereocenters. The molecule has 1 aromatic carbocycles. The van der Waals surface area contributed by atoms with Gasteiger partial charge in [-0.25, -0.2) is 9.59 Å². The molecule has 2 aliphatic heterocycles. The molecule has 146 valence electrons. The molecule has 27 heavy (non-hydrogen) atoms. The van der Waals surface area contributed by atoms with E-state index in [1.54, 1.807) is 11.0 Å². The van der Waals surface area contributed by atoms with E-state index in [0.717, 1.165) is 56.5 Å². The molecule has 0 radical (unpaired) electrons. The fraction of sp³-hybridized carbons (Fsp3) is 0.579. The Kier molecular flexibility index (Phi) is 5.14. The third-order valence-corrected chi connectivity index (χ3v) is 5.98. The lowest BCUT2D eigenvalue weighted by Gasteiger charge is -2.36. The first kappa shape index (κ1) is 18.4. The summed E-state index contributed by atoms with van der Waals surface area (Å²) in [5.41, 5.74) is 1.63. The molecule has 1 aromatic heterocycles. The largest absolute Gasteiger partial charge is 0.450 e. The Labute approximate surface area is 162 Å². The van der Waals surface area contributed by atoms with Crippen LogP contribution in [0.25, 0.3) is 11.0 Å². The minimum Gasteiger partial charge on any atom is -0.450 e. The van der Waals surface area contributed by atoms with Crippen molar-refractivity contribution in [3.63, 3.8) is 0 Å². The highest BCUT2D eigenvalue weighted by Gasteiger charge is 2.33. The van der Waals surface area contributed by atoms with Crippen molar-refractivity contribution in [1.29, 1.82) is 0 Å². The number of nitrogens with zero attached hydrogens (tertiary/aromatic N) is 3. The smallest absolute Gasteiger partial charge is 0.409 e.